The fraction of sp³-hybridized carbons (Fsp3) is 0.308. The molecule has 1 aromatic carbocycles. The molecular weight excluding hydrogens is 214 g/mol. The Labute approximate surface area is 101 Å². The molecule has 1 atom stereocenters. The van der Waals surface area contributed by atoms with E-state index in [1.54, 1.807) is 12.4 Å². The van der Waals surface area contributed by atoms with Crippen molar-refractivity contribution >= 4 is 0 Å². The molecule has 0 saturated heterocycles. The molecule has 0 radical (unpaired) electrons. The topological polar surface area (TPSA) is 63.9 Å². The summed E-state index contributed by atoms with van der Waals surface area (Å²) in [5, 5.41) is 0. The highest BCUT2D eigenvalue weighted by Gasteiger charge is 2.15. The van der Waals surface area contributed by atoms with Crippen molar-refractivity contribution in [3.63, 3.8) is 0 Å². The van der Waals surface area contributed by atoms with Crippen LogP contribution in [0.4, 0.5) is 0 Å². The normalized spacial score (nSPS) is 12.4. The first-order valence-corrected chi connectivity index (χ1v) is 5.79. The highest BCUT2D eigenvalue weighted by atomic mass is 16.5. The number of benzene rings is 1. The standard InChI is InChI=1S/C13H17N3O/c1-2-9-17-11-6-4-3-5-10(11)12(14)13-15-7-8-16-13/h3-8,12H,2,9,14H2,1H3,(H,15,16). The lowest BCUT2D eigenvalue weighted by Crippen LogP contribution is -2.15. The van der Waals surface area contributed by atoms with Crippen LogP contribution in [-0.2, 0) is 0 Å². The van der Waals surface area contributed by atoms with Crippen LogP contribution in [-0.4, -0.2) is 16.6 Å². The third-order valence-electron chi connectivity index (χ3n) is 2.53. The maximum absolute atomic E-state index is 6.16. The Morgan fingerprint density at radius 1 is 1.41 bits per heavy atom. The number of nitrogens with two attached hydrogens (primary N) is 1. The van der Waals surface area contributed by atoms with Gasteiger partial charge in [0.1, 0.15) is 11.6 Å². The summed E-state index contributed by atoms with van der Waals surface area (Å²) in [6.45, 7) is 2.77. The molecule has 2 aromatic rings. The SMILES string of the molecule is CCCOc1ccccc1C(N)c1ncc[nH]1. The molecule has 4 heteroatoms. The Balaban J connectivity index is 2.25. The van der Waals surface area contributed by atoms with Gasteiger partial charge in [-0.25, -0.2) is 4.98 Å². The third kappa shape index (κ3) is 2.65. The van der Waals surface area contributed by atoms with E-state index in [-0.39, 0.29) is 6.04 Å². The second-order valence-corrected chi connectivity index (χ2v) is 3.84. The van der Waals surface area contributed by atoms with Crippen LogP contribution in [0.3, 0.4) is 0 Å². The maximum Gasteiger partial charge on any atom is 0.127 e. The first-order valence-electron chi connectivity index (χ1n) is 5.79. The van der Waals surface area contributed by atoms with Gasteiger partial charge in [-0.2, -0.15) is 0 Å². The number of ether oxygens (including phenoxy) is 1. The van der Waals surface area contributed by atoms with Crippen LogP contribution < -0.4 is 10.5 Å². The highest BCUT2D eigenvalue weighted by molar-refractivity contribution is 5.38. The molecular formula is C13H17N3O. The molecule has 0 aliphatic carbocycles. The van der Waals surface area contributed by atoms with E-state index in [2.05, 4.69) is 16.9 Å². The van der Waals surface area contributed by atoms with Gasteiger partial charge in [-0.05, 0) is 12.5 Å². The molecule has 2 rings (SSSR count). The number of H-pyrrole nitrogens is 1. The quantitative estimate of drug-likeness (QED) is 0.829. The molecule has 1 aromatic heterocycles. The summed E-state index contributed by atoms with van der Waals surface area (Å²) in [5.74, 6) is 1.58. The van der Waals surface area contributed by atoms with Gasteiger partial charge >= 0.3 is 0 Å². The minimum atomic E-state index is -0.280. The zero-order chi connectivity index (χ0) is 12.1. The molecule has 0 amide bonds. The van der Waals surface area contributed by atoms with Gasteiger partial charge in [0.15, 0.2) is 0 Å². The minimum Gasteiger partial charge on any atom is -0.493 e. The number of aromatic amines is 1. The maximum atomic E-state index is 6.16. The largest absolute Gasteiger partial charge is 0.493 e. The molecule has 0 bridgehead atoms. The van der Waals surface area contributed by atoms with Gasteiger partial charge in [-0.15, -0.1) is 0 Å². The highest BCUT2D eigenvalue weighted by Crippen LogP contribution is 2.26. The summed E-state index contributed by atoms with van der Waals surface area (Å²) in [6.07, 6.45) is 4.44. The average molecular weight is 231 g/mol. The monoisotopic (exact) mass is 231 g/mol. The first-order chi connectivity index (χ1) is 8.33. The van der Waals surface area contributed by atoms with Crippen molar-refractivity contribution in [2.75, 3.05) is 6.61 Å². The molecule has 17 heavy (non-hydrogen) atoms. The Kier molecular flexibility index (Phi) is 3.77. The van der Waals surface area contributed by atoms with Gasteiger partial charge in [0, 0.05) is 18.0 Å². The lowest BCUT2D eigenvalue weighted by atomic mass is 10.1. The van der Waals surface area contributed by atoms with Crippen molar-refractivity contribution in [1.82, 2.24) is 9.97 Å². The summed E-state index contributed by atoms with van der Waals surface area (Å²) in [7, 11) is 0. The van der Waals surface area contributed by atoms with E-state index in [4.69, 9.17) is 10.5 Å². The molecule has 4 nitrogen and oxygen atoms in total. The molecule has 0 saturated carbocycles. The number of rotatable bonds is 5. The molecule has 0 aliphatic heterocycles. The van der Waals surface area contributed by atoms with E-state index >= 15 is 0 Å². The van der Waals surface area contributed by atoms with Crippen molar-refractivity contribution in [3.05, 3.63) is 48.0 Å². The molecule has 0 fully saturated rings. The van der Waals surface area contributed by atoms with E-state index in [1.165, 1.54) is 0 Å². The molecule has 1 heterocycles. The predicted molar refractivity (Wildman–Crippen MR) is 66.8 cm³/mol. The van der Waals surface area contributed by atoms with Gasteiger partial charge < -0.3 is 15.5 Å². The second-order valence-electron chi connectivity index (χ2n) is 3.84. The number of nitrogens with zero attached hydrogens (tertiary/aromatic N) is 1. The van der Waals surface area contributed by atoms with Crippen LogP contribution in [0, 0.1) is 0 Å². The van der Waals surface area contributed by atoms with Crippen molar-refractivity contribution in [2.24, 2.45) is 5.73 Å². The van der Waals surface area contributed by atoms with Crippen molar-refractivity contribution in [1.29, 1.82) is 0 Å². The summed E-state index contributed by atoms with van der Waals surface area (Å²) >= 11 is 0. The lowest BCUT2D eigenvalue weighted by Gasteiger charge is -2.15. The van der Waals surface area contributed by atoms with Crippen LogP contribution >= 0.6 is 0 Å². The average Bonchev–Trinajstić information content (AvgIpc) is 2.89. The lowest BCUT2D eigenvalue weighted by molar-refractivity contribution is 0.313. The van der Waals surface area contributed by atoms with Crippen LogP contribution in [0.15, 0.2) is 36.7 Å². The van der Waals surface area contributed by atoms with E-state index in [0.717, 1.165) is 23.6 Å². The predicted octanol–water partition coefficient (Wildman–Crippen LogP) is 2.25. The fourth-order valence-corrected chi connectivity index (χ4v) is 1.68. The third-order valence-corrected chi connectivity index (χ3v) is 2.53. The molecule has 3 N–H and O–H groups in total. The number of imidazole rings is 1. The second kappa shape index (κ2) is 5.50. The summed E-state index contributed by atoms with van der Waals surface area (Å²) < 4.78 is 5.68. The Morgan fingerprint density at radius 3 is 2.94 bits per heavy atom. The van der Waals surface area contributed by atoms with Gasteiger partial charge in [-0.1, -0.05) is 25.1 Å². The zero-order valence-electron chi connectivity index (χ0n) is 9.89. The van der Waals surface area contributed by atoms with Crippen LogP contribution in [0.2, 0.25) is 0 Å². The number of hydrogen-bond acceptors (Lipinski definition) is 3. The number of hydrogen-bond donors (Lipinski definition) is 2. The summed E-state index contributed by atoms with van der Waals surface area (Å²) in [4.78, 5) is 7.20. The molecule has 90 valence electrons. The number of nitrogens with one attached hydrogen (secondary N) is 1. The Bertz CT molecular complexity index is 453. The minimum absolute atomic E-state index is 0.280. The summed E-state index contributed by atoms with van der Waals surface area (Å²) in [5.41, 5.74) is 7.11. The number of aromatic nitrogens is 2. The zero-order valence-corrected chi connectivity index (χ0v) is 9.89. The fourth-order valence-electron chi connectivity index (χ4n) is 1.68. The Morgan fingerprint density at radius 2 is 2.24 bits per heavy atom. The van der Waals surface area contributed by atoms with Crippen molar-refractivity contribution < 1.29 is 4.74 Å². The van der Waals surface area contributed by atoms with Gasteiger partial charge in [0.2, 0.25) is 0 Å². The number of para-hydroxylation sites is 1. The van der Waals surface area contributed by atoms with Crippen molar-refractivity contribution in [3.8, 4) is 5.75 Å². The molecule has 0 aliphatic rings. The smallest absolute Gasteiger partial charge is 0.127 e. The Hall–Kier alpha value is -1.81. The van der Waals surface area contributed by atoms with Gasteiger partial charge in [0.05, 0.1) is 12.6 Å². The molecule has 1 unspecified atom stereocenters. The van der Waals surface area contributed by atoms with Crippen molar-refractivity contribution in [2.45, 2.75) is 19.4 Å². The van der Waals surface area contributed by atoms with Gasteiger partial charge in [-0.3, -0.25) is 0 Å². The van der Waals surface area contributed by atoms with E-state index in [1.807, 2.05) is 24.3 Å². The molecule has 0 spiro atoms. The first kappa shape index (κ1) is 11.7. The van der Waals surface area contributed by atoms with Crippen LogP contribution in [0.1, 0.15) is 30.8 Å². The summed E-state index contributed by atoms with van der Waals surface area (Å²) in [6, 6.07) is 7.53. The van der Waals surface area contributed by atoms with Crippen LogP contribution in [0.25, 0.3) is 0 Å². The van der Waals surface area contributed by atoms with Gasteiger partial charge in [0.25, 0.3) is 0 Å². The van der Waals surface area contributed by atoms with E-state index in [0.29, 0.717) is 6.61 Å². The van der Waals surface area contributed by atoms with E-state index in [9.17, 15) is 0 Å². The van der Waals surface area contributed by atoms with E-state index < -0.39 is 0 Å². The van der Waals surface area contributed by atoms with Crippen LogP contribution in [0.5, 0.6) is 5.75 Å².